The molecule has 1 aromatic carbocycles. The minimum Gasteiger partial charge on any atom is -0.314 e. The molecule has 0 radical (unpaired) electrons. The highest BCUT2D eigenvalue weighted by Gasteiger charge is 2.29. The van der Waals surface area contributed by atoms with Crippen molar-refractivity contribution in [2.45, 2.75) is 64.8 Å². The van der Waals surface area contributed by atoms with Crippen LogP contribution in [0.25, 0.3) is 0 Å². The van der Waals surface area contributed by atoms with E-state index in [0.29, 0.717) is 12.0 Å². The summed E-state index contributed by atoms with van der Waals surface area (Å²) in [7, 11) is 0. The van der Waals surface area contributed by atoms with Gasteiger partial charge in [-0.2, -0.15) is 0 Å². The van der Waals surface area contributed by atoms with Crippen molar-refractivity contribution in [3.8, 4) is 0 Å². The SMILES string of the molecule is CCNC(CCC1CC1)C(c1ccccc1)C(C)CC. The van der Waals surface area contributed by atoms with Gasteiger partial charge in [0.2, 0.25) is 0 Å². The van der Waals surface area contributed by atoms with Crippen LogP contribution in [0, 0.1) is 11.8 Å². The monoisotopic (exact) mass is 273 g/mol. The van der Waals surface area contributed by atoms with Gasteiger partial charge in [0.25, 0.3) is 0 Å². The molecule has 0 aromatic heterocycles. The Bertz CT molecular complexity index is 369. The lowest BCUT2D eigenvalue weighted by Crippen LogP contribution is -2.37. The predicted molar refractivity (Wildman–Crippen MR) is 88.1 cm³/mol. The molecule has 1 heteroatoms. The summed E-state index contributed by atoms with van der Waals surface area (Å²) in [6, 6.07) is 11.8. The first-order valence-electron chi connectivity index (χ1n) is 8.54. The summed E-state index contributed by atoms with van der Waals surface area (Å²) in [5.74, 6) is 2.42. The molecule has 20 heavy (non-hydrogen) atoms. The third kappa shape index (κ3) is 4.34. The molecule has 1 aliphatic carbocycles. The Kier molecular flexibility index (Phi) is 6.09. The summed E-state index contributed by atoms with van der Waals surface area (Å²) in [4.78, 5) is 0. The quantitative estimate of drug-likeness (QED) is 0.668. The molecule has 1 nitrogen and oxygen atoms in total. The van der Waals surface area contributed by atoms with Crippen LogP contribution in [0.1, 0.15) is 64.4 Å². The van der Waals surface area contributed by atoms with Crippen LogP contribution in [0.3, 0.4) is 0 Å². The molecular weight excluding hydrogens is 242 g/mol. The second kappa shape index (κ2) is 7.83. The largest absolute Gasteiger partial charge is 0.314 e. The summed E-state index contributed by atoms with van der Waals surface area (Å²) in [5, 5.41) is 3.78. The Morgan fingerprint density at radius 1 is 1.15 bits per heavy atom. The molecule has 1 aliphatic rings. The number of rotatable bonds is 9. The van der Waals surface area contributed by atoms with Crippen molar-refractivity contribution in [1.29, 1.82) is 0 Å². The molecule has 3 unspecified atom stereocenters. The number of benzene rings is 1. The zero-order valence-electron chi connectivity index (χ0n) is 13.4. The van der Waals surface area contributed by atoms with Crippen LogP contribution in [0.4, 0.5) is 0 Å². The fourth-order valence-corrected chi connectivity index (χ4v) is 3.38. The molecule has 2 rings (SSSR count). The average molecular weight is 273 g/mol. The third-order valence-electron chi connectivity index (χ3n) is 4.92. The van der Waals surface area contributed by atoms with Crippen LogP contribution in [0.15, 0.2) is 30.3 Å². The zero-order valence-corrected chi connectivity index (χ0v) is 13.4. The zero-order chi connectivity index (χ0) is 14.4. The Morgan fingerprint density at radius 3 is 2.40 bits per heavy atom. The van der Waals surface area contributed by atoms with Crippen LogP contribution in [-0.2, 0) is 0 Å². The highest BCUT2D eigenvalue weighted by Crippen LogP contribution is 2.37. The molecule has 1 fully saturated rings. The van der Waals surface area contributed by atoms with E-state index in [-0.39, 0.29) is 0 Å². The molecule has 0 saturated heterocycles. The fraction of sp³-hybridized carbons (Fsp3) is 0.684. The van der Waals surface area contributed by atoms with Crippen LogP contribution in [-0.4, -0.2) is 12.6 Å². The van der Waals surface area contributed by atoms with E-state index in [1.807, 2.05) is 0 Å². The Balaban J connectivity index is 2.11. The van der Waals surface area contributed by atoms with Gasteiger partial charge < -0.3 is 5.32 Å². The number of likely N-dealkylation sites (N-methyl/N-ethyl adjacent to an activating group) is 1. The first kappa shape index (κ1) is 15.6. The minimum atomic E-state index is 0.637. The van der Waals surface area contributed by atoms with Gasteiger partial charge in [-0.05, 0) is 36.8 Å². The average Bonchev–Trinajstić information content (AvgIpc) is 3.30. The molecular formula is C19H31N. The van der Waals surface area contributed by atoms with Crippen LogP contribution in [0.5, 0.6) is 0 Å². The van der Waals surface area contributed by atoms with E-state index in [4.69, 9.17) is 0 Å². The van der Waals surface area contributed by atoms with Crippen molar-refractivity contribution in [2.24, 2.45) is 11.8 Å². The van der Waals surface area contributed by atoms with Gasteiger partial charge in [0, 0.05) is 12.0 Å². The second-order valence-corrected chi connectivity index (χ2v) is 6.51. The van der Waals surface area contributed by atoms with Crippen molar-refractivity contribution in [1.82, 2.24) is 5.32 Å². The molecule has 1 N–H and O–H groups in total. The molecule has 0 aliphatic heterocycles. The predicted octanol–water partition coefficient (Wildman–Crippen LogP) is 4.98. The number of hydrogen-bond acceptors (Lipinski definition) is 1. The summed E-state index contributed by atoms with van der Waals surface area (Å²) >= 11 is 0. The standard InChI is InChI=1S/C19H31N/c1-4-15(3)19(17-9-7-6-8-10-17)18(20-5-2)14-13-16-11-12-16/h6-10,15-16,18-20H,4-5,11-14H2,1-3H3. The fourth-order valence-electron chi connectivity index (χ4n) is 3.38. The van der Waals surface area contributed by atoms with Crippen LogP contribution >= 0.6 is 0 Å². The van der Waals surface area contributed by atoms with Crippen molar-refractivity contribution in [2.75, 3.05) is 6.54 Å². The lowest BCUT2D eigenvalue weighted by molar-refractivity contribution is 0.316. The topological polar surface area (TPSA) is 12.0 Å². The second-order valence-electron chi connectivity index (χ2n) is 6.51. The van der Waals surface area contributed by atoms with Crippen LogP contribution < -0.4 is 5.32 Å². The molecule has 0 heterocycles. The molecule has 1 aromatic rings. The molecule has 0 spiro atoms. The normalized spacial score (nSPS) is 19.6. The molecule has 112 valence electrons. The molecule has 1 saturated carbocycles. The number of hydrogen-bond donors (Lipinski definition) is 1. The van der Waals surface area contributed by atoms with E-state index in [1.165, 1.54) is 37.7 Å². The van der Waals surface area contributed by atoms with Gasteiger partial charge in [-0.3, -0.25) is 0 Å². The lowest BCUT2D eigenvalue weighted by Gasteiger charge is -2.33. The van der Waals surface area contributed by atoms with E-state index in [1.54, 1.807) is 0 Å². The van der Waals surface area contributed by atoms with E-state index < -0.39 is 0 Å². The Morgan fingerprint density at radius 2 is 1.85 bits per heavy atom. The smallest absolute Gasteiger partial charge is 0.0138 e. The Hall–Kier alpha value is -0.820. The van der Waals surface area contributed by atoms with Gasteiger partial charge in [-0.15, -0.1) is 0 Å². The van der Waals surface area contributed by atoms with Gasteiger partial charge in [-0.1, -0.05) is 70.4 Å². The van der Waals surface area contributed by atoms with E-state index in [9.17, 15) is 0 Å². The maximum atomic E-state index is 3.78. The van der Waals surface area contributed by atoms with Gasteiger partial charge in [0.05, 0.1) is 0 Å². The summed E-state index contributed by atoms with van der Waals surface area (Å²) in [6.07, 6.45) is 6.95. The highest BCUT2D eigenvalue weighted by atomic mass is 14.9. The van der Waals surface area contributed by atoms with Gasteiger partial charge in [0.1, 0.15) is 0 Å². The van der Waals surface area contributed by atoms with E-state index >= 15 is 0 Å². The first-order chi connectivity index (χ1) is 9.76. The molecule has 0 bridgehead atoms. The third-order valence-corrected chi connectivity index (χ3v) is 4.92. The van der Waals surface area contributed by atoms with Crippen molar-refractivity contribution < 1.29 is 0 Å². The summed E-state index contributed by atoms with van der Waals surface area (Å²) in [6.45, 7) is 8.06. The summed E-state index contributed by atoms with van der Waals surface area (Å²) in [5.41, 5.74) is 1.52. The molecule has 0 amide bonds. The van der Waals surface area contributed by atoms with Crippen LogP contribution in [0.2, 0.25) is 0 Å². The van der Waals surface area contributed by atoms with Crippen molar-refractivity contribution >= 4 is 0 Å². The minimum absolute atomic E-state index is 0.637. The van der Waals surface area contributed by atoms with Crippen molar-refractivity contribution in [3.63, 3.8) is 0 Å². The van der Waals surface area contributed by atoms with Gasteiger partial charge in [0.15, 0.2) is 0 Å². The maximum absolute atomic E-state index is 3.78. The first-order valence-corrected chi connectivity index (χ1v) is 8.54. The Labute approximate surface area is 125 Å². The van der Waals surface area contributed by atoms with Gasteiger partial charge in [-0.25, -0.2) is 0 Å². The molecule has 3 atom stereocenters. The number of nitrogens with one attached hydrogen (secondary N) is 1. The maximum Gasteiger partial charge on any atom is 0.0138 e. The van der Waals surface area contributed by atoms with E-state index in [0.717, 1.165) is 18.4 Å². The van der Waals surface area contributed by atoms with Crippen molar-refractivity contribution in [3.05, 3.63) is 35.9 Å². The van der Waals surface area contributed by atoms with E-state index in [2.05, 4.69) is 56.4 Å². The lowest BCUT2D eigenvalue weighted by atomic mass is 9.78. The summed E-state index contributed by atoms with van der Waals surface area (Å²) < 4.78 is 0. The highest BCUT2D eigenvalue weighted by molar-refractivity contribution is 5.22. The van der Waals surface area contributed by atoms with Gasteiger partial charge >= 0.3 is 0 Å².